The van der Waals surface area contributed by atoms with E-state index in [1.54, 1.807) is 6.08 Å². The summed E-state index contributed by atoms with van der Waals surface area (Å²) in [6, 6.07) is 19.0. The van der Waals surface area contributed by atoms with Crippen LogP contribution in [0.1, 0.15) is 19.4 Å². The Balaban J connectivity index is 1.97. The average Bonchev–Trinajstić information content (AvgIpc) is 3.05. The first-order valence-electron chi connectivity index (χ1n) is 8.70. The summed E-state index contributed by atoms with van der Waals surface area (Å²) in [6.07, 6.45) is 1.88. The highest BCUT2D eigenvalue weighted by Crippen LogP contribution is 2.80. The maximum absolute atomic E-state index is 12.4. The molecule has 0 unspecified atom stereocenters. The van der Waals surface area contributed by atoms with Crippen molar-refractivity contribution >= 4 is 37.8 Å². The SMILES string of the molecule is CC1(C)[C@@](C#N)(C=C(Br)Br)[C@]1(Cc1cccc(Oc2ccccc2)c1)C(=O)O. The van der Waals surface area contributed by atoms with Gasteiger partial charge in [0.2, 0.25) is 0 Å². The molecule has 2 aromatic carbocycles. The van der Waals surface area contributed by atoms with Crippen LogP contribution in [0.5, 0.6) is 11.5 Å². The van der Waals surface area contributed by atoms with Crippen LogP contribution in [0.25, 0.3) is 0 Å². The molecular weight excluding hydrogens is 486 g/mol. The van der Waals surface area contributed by atoms with E-state index in [9.17, 15) is 15.2 Å². The number of nitrogens with zero attached hydrogens (tertiary/aromatic N) is 1. The van der Waals surface area contributed by atoms with Crippen LogP contribution in [-0.2, 0) is 11.2 Å². The smallest absolute Gasteiger partial charge is 0.312 e. The van der Waals surface area contributed by atoms with Crippen LogP contribution in [0.15, 0.2) is 64.1 Å². The van der Waals surface area contributed by atoms with Crippen molar-refractivity contribution in [3.63, 3.8) is 0 Å². The van der Waals surface area contributed by atoms with Crippen LogP contribution in [0.3, 0.4) is 0 Å². The number of carboxylic acid groups (broad SMARTS) is 1. The van der Waals surface area contributed by atoms with Crippen LogP contribution in [-0.4, -0.2) is 11.1 Å². The molecule has 0 bridgehead atoms. The highest BCUT2D eigenvalue weighted by atomic mass is 79.9. The van der Waals surface area contributed by atoms with Gasteiger partial charge in [0.05, 0.1) is 9.46 Å². The minimum absolute atomic E-state index is 0.221. The van der Waals surface area contributed by atoms with Crippen molar-refractivity contribution in [1.82, 2.24) is 0 Å². The van der Waals surface area contributed by atoms with Gasteiger partial charge in [0.25, 0.3) is 0 Å². The van der Waals surface area contributed by atoms with E-state index in [-0.39, 0.29) is 6.42 Å². The molecular formula is C22H19Br2NO3. The van der Waals surface area contributed by atoms with Gasteiger partial charge in [-0.15, -0.1) is 0 Å². The fourth-order valence-corrected chi connectivity index (χ4v) is 4.94. The number of aliphatic carboxylic acids is 1. The Morgan fingerprint density at radius 3 is 2.36 bits per heavy atom. The van der Waals surface area contributed by atoms with Gasteiger partial charge >= 0.3 is 5.97 Å². The number of hydrogen-bond donors (Lipinski definition) is 1. The lowest BCUT2D eigenvalue weighted by atomic mass is 9.86. The summed E-state index contributed by atoms with van der Waals surface area (Å²) in [5.74, 6) is 0.352. The third-order valence-electron chi connectivity index (χ3n) is 5.88. The Hall–Kier alpha value is -2.10. The first kappa shape index (κ1) is 20.6. The van der Waals surface area contributed by atoms with Crippen molar-refractivity contribution in [2.24, 2.45) is 16.2 Å². The van der Waals surface area contributed by atoms with Crippen molar-refractivity contribution in [2.75, 3.05) is 0 Å². The number of allylic oxidation sites excluding steroid dienone is 1. The summed E-state index contributed by atoms with van der Waals surface area (Å²) >= 11 is 6.58. The van der Waals surface area contributed by atoms with E-state index in [1.807, 2.05) is 68.4 Å². The molecule has 0 saturated heterocycles. The van der Waals surface area contributed by atoms with Gasteiger partial charge in [-0.05, 0) is 74.2 Å². The molecule has 1 fully saturated rings. The number of hydrogen-bond acceptors (Lipinski definition) is 3. The lowest BCUT2D eigenvalue weighted by Crippen LogP contribution is -2.26. The predicted octanol–water partition coefficient (Wildman–Crippen LogP) is 6.27. The monoisotopic (exact) mass is 503 g/mol. The van der Waals surface area contributed by atoms with E-state index in [4.69, 9.17) is 4.74 Å². The molecule has 0 heterocycles. The van der Waals surface area contributed by atoms with Crippen LogP contribution in [0, 0.1) is 27.6 Å². The van der Waals surface area contributed by atoms with Crippen molar-refractivity contribution in [3.05, 3.63) is 69.6 Å². The number of ether oxygens (including phenoxy) is 1. The summed E-state index contributed by atoms with van der Waals surface area (Å²) in [4.78, 5) is 12.4. The second kappa shape index (κ2) is 7.38. The molecule has 4 nitrogen and oxygen atoms in total. The number of carboxylic acids is 1. The van der Waals surface area contributed by atoms with E-state index in [1.165, 1.54) is 0 Å². The normalized spacial score (nSPS) is 24.7. The van der Waals surface area contributed by atoms with Gasteiger partial charge in [-0.1, -0.05) is 44.2 Å². The number of halogens is 2. The molecule has 3 rings (SSSR count). The summed E-state index contributed by atoms with van der Waals surface area (Å²) in [7, 11) is 0. The molecule has 1 N–H and O–H groups in total. The fourth-order valence-electron chi connectivity index (χ4n) is 4.26. The van der Waals surface area contributed by atoms with E-state index in [2.05, 4.69) is 37.9 Å². The zero-order valence-electron chi connectivity index (χ0n) is 15.4. The molecule has 1 saturated carbocycles. The van der Waals surface area contributed by atoms with Gasteiger partial charge in [0.1, 0.15) is 22.3 Å². The summed E-state index contributed by atoms with van der Waals surface area (Å²) in [6.45, 7) is 3.65. The van der Waals surface area contributed by atoms with Crippen LogP contribution in [0.2, 0.25) is 0 Å². The Bertz CT molecular complexity index is 977. The third kappa shape index (κ3) is 3.07. The highest BCUT2D eigenvalue weighted by molar-refractivity contribution is 9.28. The summed E-state index contributed by atoms with van der Waals surface area (Å²) in [5, 5.41) is 20.1. The van der Waals surface area contributed by atoms with Crippen molar-refractivity contribution < 1.29 is 14.6 Å². The molecule has 2 aromatic rings. The maximum Gasteiger partial charge on any atom is 0.312 e. The summed E-state index contributed by atoms with van der Waals surface area (Å²) < 4.78 is 6.44. The van der Waals surface area contributed by atoms with Gasteiger partial charge < -0.3 is 9.84 Å². The first-order chi connectivity index (χ1) is 13.2. The number of benzene rings is 2. The largest absolute Gasteiger partial charge is 0.481 e. The molecule has 1 aliphatic carbocycles. The minimum Gasteiger partial charge on any atom is -0.481 e. The molecule has 0 aliphatic heterocycles. The standard InChI is InChI=1S/C22H19Br2NO3/c1-20(2)21(14-25,13-18(23)24)22(20,19(26)27)12-15-7-6-10-17(11-15)28-16-8-4-3-5-9-16/h3-11,13H,12H2,1-2H3,(H,26,27)/t21-,22+/m0/s1. The van der Waals surface area contributed by atoms with Crippen molar-refractivity contribution in [1.29, 1.82) is 5.26 Å². The minimum atomic E-state index is -1.24. The third-order valence-corrected chi connectivity index (χ3v) is 6.34. The van der Waals surface area contributed by atoms with E-state index < -0.39 is 22.2 Å². The Morgan fingerprint density at radius 2 is 1.79 bits per heavy atom. The topological polar surface area (TPSA) is 70.3 Å². The Kier molecular flexibility index (Phi) is 5.44. The zero-order valence-corrected chi connectivity index (χ0v) is 18.6. The quantitative estimate of drug-likeness (QED) is 0.503. The molecule has 1 aliphatic rings. The second-order valence-electron chi connectivity index (χ2n) is 7.43. The number of nitriles is 1. The Morgan fingerprint density at radius 1 is 1.14 bits per heavy atom. The van der Waals surface area contributed by atoms with Gasteiger partial charge in [-0.3, -0.25) is 4.79 Å². The lowest BCUT2D eigenvalue weighted by molar-refractivity contribution is -0.145. The molecule has 28 heavy (non-hydrogen) atoms. The summed E-state index contributed by atoms with van der Waals surface area (Å²) in [5.41, 5.74) is -2.32. The van der Waals surface area contributed by atoms with Crippen LogP contribution in [0.4, 0.5) is 0 Å². The average molecular weight is 505 g/mol. The number of para-hydroxylation sites is 1. The molecule has 6 heteroatoms. The van der Waals surface area contributed by atoms with E-state index in [0.717, 1.165) is 5.56 Å². The van der Waals surface area contributed by atoms with E-state index >= 15 is 0 Å². The van der Waals surface area contributed by atoms with Gasteiger partial charge in [0, 0.05) is 5.41 Å². The second-order valence-corrected chi connectivity index (χ2v) is 10.2. The molecule has 144 valence electrons. The lowest BCUT2D eigenvalue weighted by Gasteiger charge is -2.17. The molecule has 0 aromatic heterocycles. The maximum atomic E-state index is 12.4. The number of rotatable bonds is 6. The van der Waals surface area contributed by atoms with Crippen molar-refractivity contribution in [2.45, 2.75) is 20.3 Å². The molecule has 0 spiro atoms. The Labute approximate surface area is 181 Å². The fraction of sp³-hybridized carbons (Fsp3) is 0.273. The van der Waals surface area contributed by atoms with Crippen LogP contribution < -0.4 is 4.74 Å². The zero-order chi connectivity index (χ0) is 20.6. The van der Waals surface area contributed by atoms with E-state index in [0.29, 0.717) is 14.9 Å². The van der Waals surface area contributed by atoms with Crippen LogP contribution >= 0.6 is 31.9 Å². The first-order valence-corrected chi connectivity index (χ1v) is 10.3. The van der Waals surface area contributed by atoms with Crippen molar-refractivity contribution in [3.8, 4) is 17.6 Å². The van der Waals surface area contributed by atoms with Gasteiger partial charge in [0.15, 0.2) is 0 Å². The predicted molar refractivity (Wildman–Crippen MR) is 114 cm³/mol. The molecule has 2 atom stereocenters. The molecule has 0 radical (unpaired) electrons. The number of carbonyl (C=O) groups is 1. The highest BCUT2D eigenvalue weighted by Gasteiger charge is 2.86. The van der Waals surface area contributed by atoms with Gasteiger partial charge in [-0.2, -0.15) is 5.26 Å². The molecule has 0 amide bonds. The van der Waals surface area contributed by atoms with Gasteiger partial charge in [-0.25, -0.2) is 0 Å².